The molecule has 2 heterocycles. The standard InChI is InChI=1S/C24H26ClN3O2/c25-19-5-7-22-21(15-19)27-24(30-22)17-8-11-28(12-9-17)13-10-23(29)26-20-6-4-16-2-1-3-18(16)14-20/h4-7,14-15,17H,1-3,8-13H2,(H,26,29). The van der Waals surface area contributed by atoms with Crippen LogP contribution in [-0.4, -0.2) is 35.4 Å². The second kappa shape index (κ2) is 8.40. The lowest BCUT2D eigenvalue weighted by atomic mass is 9.96. The van der Waals surface area contributed by atoms with Crippen LogP contribution >= 0.6 is 11.6 Å². The molecule has 1 fully saturated rings. The number of benzene rings is 2. The number of oxazole rings is 1. The summed E-state index contributed by atoms with van der Waals surface area (Å²) in [6.07, 6.45) is 6.01. The van der Waals surface area contributed by atoms with Gasteiger partial charge >= 0.3 is 0 Å². The molecule has 5 rings (SSSR count). The maximum atomic E-state index is 12.4. The number of hydrogen-bond donors (Lipinski definition) is 1. The van der Waals surface area contributed by atoms with E-state index in [9.17, 15) is 4.79 Å². The Morgan fingerprint density at radius 3 is 2.83 bits per heavy atom. The molecule has 0 atom stereocenters. The van der Waals surface area contributed by atoms with Crippen molar-refractivity contribution in [3.8, 4) is 0 Å². The molecule has 1 aliphatic heterocycles. The van der Waals surface area contributed by atoms with Crippen molar-refractivity contribution in [2.24, 2.45) is 0 Å². The molecule has 156 valence electrons. The van der Waals surface area contributed by atoms with E-state index in [2.05, 4.69) is 27.3 Å². The molecule has 0 radical (unpaired) electrons. The SMILES string of the molecule is O=C(CCN1CCC(c2nc3cc(Cl)ccc3o2)CC1)Nc1ccc2c(c1)CCC2. The Hall–Kier alpha value is -2.37. The fourth-order valence-electron chi connectivity index (χ4n) is 4.63. The number of aryl methyl sites for hydroxylation is 2. The van der Waals surface area contributed by atoms with Crippen LogP contribution in [0.3, 0.4) is 0 Å². The van der Waals surface area contributed by atoms with E-state index in [4.69, 9.17) is 16.0 Å². The van der Waals surface area contributed by atoms with E-state index in [1.807, 2.05) is 24.3 Å². The van der Waals surface area contributed by atoms with Gasteiger partial charge in [0.25, 0.3) is 0 Å². The van der Waals surface area contributed by atoms with Gasteiger partial charge in [0.1, 0.15) is 5.52 Å². The number of likely N-dealkylation sites (tertiary alicyclic amines) is 1. The van der Waals surface area contributed by atoms with E-state index < -0.39 is 0 Å². The first-order valence-corrected chi connectivity index (χ1v) is 11.2. The Balaban J connectivity index is 1.10. The second-order valence-electron chi connectivity index (χ2n) is 8.42. The van der Waals surface area contributed by atoms with Crippen LogP contribution in [0.5, 0.6) is 0 Å². The van der Waals surface area contributed by atoms with Gasteiger partial charge in [-0.05, 0) is 86.7 Å². The minimum atomic E-state index is 0.0888. The number of piperidine rings is 1. The first-order chi connectivity index (χ1) is 14.6. The van der Waals surface area contributed by atoms with Gasteiger partial charge in [-0.2, -0.15) is 0 Å². The summed E-state index contributed by atoms with van der Waals surface area (Å²) >= 11 is 6.05. The first-order valence-electron chi connectivity index (χ1n) is 10.8. The number of anilines is 1. The van der Waals surface area contributed by atoms with Crippen LogP contribution in [0.4, 0.5) is 5.69 Å². The zero-order valence-corrected chi connectivity index (χ0v) is 17.8. The fourth-order valence-corrected chi connectivity index (χ4v) is 4.80. The fraction of sp³-hybridized carbons (Fsp3) is 0.417. The highest BCUT2D eigenvalue weighted by Gasteiger charge is 2.25. The van der Waals surface area contributed by atoms with Crippen LogP contribution < -0.4 is 5.32 Å². The summed E-state index contributed by atoms with van der Waals surface area (Å²) in [7, 11) is 0. The van der Waals surface area contributed by atoms with E-state index in [1.165, 1.54) is 17.5 Å². The Kier molecular flexibility index (Phi) is 5.48. The Labute approximate surface area is 181 Å². The highest BCUT2D eigenvalue weighted by atomic mass is 35.5. The maximum absolute atomic E-state index is 12.4. The van der Waals surface area contributed by atoms with Crippen LogP contribution in [0.25, 0.3) is 11.1 Å². The van der Waals surface area contributed by atoms with Crippen molar-refractivity contribution < 1.29 is 9.21 Å². The van der Waals surface area contributed by atoms with Crippen molar-refractivity contribution in [2.45, 2.75) is 44.4 Å². The van der Waals surface area contributed by atoms with Gasteiger partial charge in [-0.1, -0.05) is 17.7 Å². The molecule has 1 N–H and O–H groups in total. The Morgan fingerprint density at radius 2 is 1.97 bits per heavy atom. The summed E-state index contributed by atoms with van der Waals surface area (Å²) in [5.41, 5.74) is 5.35. The molecule has 1 aromatic heterocycles. The monoisotopic (exact) mass is 423 g/mol. The third-order valence-electron chi connectivity index (χ3n) is 6.34. The zero-order valence-electron chi connectivity index (χ0n) is 17.0. The zero-order chi connectivity index (χ0) is 20.5. The number of nitrogens with one attached hydrogen (secondary N) is 1. The highest BCUT2D eigenvalue weighted by Crippen LogP contribution is 2.31. The first kappa shape index (κ1) is 19.6. The van der Waals surface area contributed by atoms with Gasteiger partial charge in [-0.3, -0.25) is 4.79 Å². The number of amides is 1. The molecule has 5 nitrogen and oxygen atoms in total. The normalized spacial score (nSPS) is 17.4. The molecule has 6 heteroatoms. The Morgan fingerprint density at radius 1 is 1.13 bits per heavy atom. The molecule has 2 aliphatic rings. The molecule has 0 saturated carbocycles. The Bertz CT molecular complexity index is 1070. The molecule has 30 heavy (non-hydrogen) atoms. The van der Waals surface area contributed by atoms with Gasteiger partial charge in [-0.15, -0.1) is 0 Å². The molecular formula is C24H26ClN3O2. The summed E-state index contributed by atoms with van der Waals surface area (Å²) in [6, 6.07) is 11.9. The number of nitrogens with zero attached hydrogens (tertiary/aromatic N) is 2. The molecule has 0 spiro atoms. The van der Waals surface area contributed by atoms with Crippen molar-refractivity contribution in [3.05, 3.63) is 58.4 Å². The third kappa shape index (κ3) is 4.23. The molecule has 2 aromatic carbocycles. The predicted molar refractivity (Wildman–Crippen MR) is 119 cm³/mol. The van der Waals surface area contributed by atoms with Crippen molar-refractivity contribution in [1.29, 1.82) is 0 Å². The van der Waals surface area contributed by atoms with Gasteiger partial charge in [0.15, 0.2) is 11.5 Å². The van der Waals surface area contributed by atoms with Crippen molar-refractivity contribution in [3.63, 3.8) is 0 Å². The summed E-state index contributed by atoms with van der Waals surface area (Å²) in [6.45, 7) is 2.69. The molecule has 0 unspecified atom stereocenters. The average molecular weight is 424 g/mol. The summed E-state index contributed by atoms with van der Waals surface area (Å²) in [4.78, 5) is 19.4. The molecule has 1 aliphatic carbocycles. The summed E-state index contributed by atoms with van der Waals surface area (Å²) in [5.74, 6) is 1.22. The lowest BCUT2D eigenvalue weighted by Crippen LogP contribution is -2.35. The topological polar surface area (TPSA) is 58.4 Å². The van der Waals surface area contributed by atoms with E-state index in [0.717, 1.165) is 68.0 Å². The van der Waals surface area contributed by atoms with Gasteiger partial charge in [0.2, 0.25) is 5.91 Å². The van der Waals surface area contributed by atoms with E-state index in [1.54, 1.807) is 0 Å². The smallest absolute Gasteiger partial charge is 0.225 e. The van der Waals surface area contributed by atoms with Crippen molar-refractivity contribution in [1.82, 2.24) is 9.88 Å². The number of halogens is 1. The highest BCUT2D eigenvalue weighted by molar-refractivity contribution is 6.31. The van der Waals surface area contributed by atoms with Gasteiger partial charge < -0.3 is 14.6 Å². The third-order valence-corrected chi connectivity index (χ3v) is 6.58. The van der Waals surface area contributed by atoms with Crippen LogP contribution in [0.2, 0.25) is 5.02 Å². The van der Waals surface area contributed by atoms with Gasteiger partial charge in [0, 0.05) is 29.6 Å². The predicted octanol–water partition coefficient (Wildman–Crippen LogP) is 5.18. The lowest BCUT2D eigenvalue weighted by molar-refractivity contribution is -0.116. The maximum Gasteiger partial charge on any atom is 0.225 e. The van der Waals surface area contributed by atoms with Gasteiger partial charge in [-0.25, -0.2) is 4.98 Å². The molecule has 0 bridgehead atoms. The lowest BCUT2D eigenvalue weighted by Gasteiger charge is -2.30. The number of carbonyl (C=O) groups excluding carboxylic acids is 1. The van der Waals surface area contributed by atoms with E-state index in [-0.39, 0.29) is 5.91 Å². The van der Waals surface area contributed by atoms with Crippen LogP contribution in [0.1, 0.15) is 48.6 Å². The van der Waals surface area contributed by atoms with Crippen LogP contribution in [0, 0.1) is 0 Å². The minimum absolute atomic E-state index is 0.0888. The van der Waals surface area contributed by atoms with Crippen LogP contribution in [-0.2, 0) is 17.6 Å². The number of rotatable bonds is 5. The molecular weight excluding hydrogens is 398 g/mol. The quantitative estimate of drug-likeness (QED) is 0.614. The summed E-state index contributed by atoms with van der Waals surface area (Å²) in [5, 5.41) is 3.74. The number of aromatic nitrogens is 1. The second-order valence-corrected chi connectivity index (χ2v) is 8.85. The van der Waals surface area contributed by atoms with Crippen LogP contribution in [0.15, 0.2) is 40.8 Å². The number of hydrogen-bond acceptors (Lipinski definition) is 4. The molecule has 1 amide bonds. The average Bonchev–Trinajstić information content (AvgIpc) is 3.38. The van der Waals surface area contributed by atoms with E-state index >= 15 is 0 Å². The van der Waals surface area contributed by atoms with Crippen molar-refractivity contribution >= 4 is 34.3 Å². The molecule has 1 saturated heterocycles. The number of fused-ring (bicyclic) bond motifs is 2. The van der Waals surface area contributed by atoms with Crippen molar-refractivity contribution in [2.75, 3.05) is 25.0 Å². The number of carbonyl (C=O) groups is 1. The largest absolute Gasteiger partial charge is 0.440 e. The molecule has 3 aromatic rings. The van der Waals surface area contributed by atoms with E-state index in [0.29, 0.717) is 17.4 Å². The summed E-state index contributed by atoms with van der Waals surface area (Å²) < 4.78 is 5.94. The van der Waals surface area contributed by atoms with Gasteiger partial charge in [0.05, 0.1) is 0 Å². The minimum Gasteiger partial charge on any atom is -0.440 e.